The molecule has 0 aliphatic heterocycles. The van der Waals surface area contributed by atoms with Crippen molar-refractivity contribution in [3.63, 3.8) is 0 Å². The average molecular weight is 243 g/mol. The van der Waals surface area contributed by atoms with E-state index in [9.17, 15) is 4.79 Å². The number of carbonyl (C=O) groups excluding carboxylic acids is 1. The molecule has 1 atom stereocenters. The first-order chi connectivity index (χ1) is 8.66. The number of anilines is 1. The number of nitrogens with one attached hydrogen (secondary N) is 1. The van der Waals surface area contributed by atoms with Crippen molar-refractivity contribution < 1.29 is 4.79 Å². The Labute approximate surface area is 104 Å². The number of aromatic nitrogens is 3. The maximum atomic E-state index is 11.9. The van der Waals surface area contributed by atoms with Crippen LogP contribution in [0.1, 0.15) is 29.1 Å². The normalized spacial score (nSPS) is 11.8. The molecule has 0 aliphatic rings. The van der Waals surface area contributed by atoms with Crippen LogP contribution >= 0.6 is 0 Å². The van der Waals surface area contributed by atoms with E-state index in [2.05, 4.69) is 20.3 Å². The Bertz CT molecular complexity index is 543. The monoisotopic (exact) mass is 243 g/mol. The van der Waals surface area contributed by atoms with Crippen molar-refractivity contribution >= 4 is 11.7 Å². The van der Waals surface area contributed by atoms with E-state index < -0.39 is 0 Å². The lowest BCUT2D eigenvalue weighted by Crippen LogP contribution is -2.28. The summed E-state index contributed by atoms with van der Waals surface area (Å²) in [5.74, 6) is -0.110. The van der Waals surface area contributed by atoms with Crippen molar-refractivity contribution in [2.24, 2.45) is 0 Å². The van der Waals surface area contributed by atoms with E-state index in [1.165, 1.54) is 12.4 Å². The molecule has 18 heavy (non-hydrogen) atoms. The Morgan fingerprint density at radius 2 is 2.22 bits per heavy atom. The molecule has 6 heteroatoms. The maximum Gasteiger partial charge on any atom is 0.272 e. The van der Waals surface area contributed by atoms with Gasteiger partial charge in [-0.3, -0.25) is 14.8 Å². The van der Waals surface area contributed by atoms with Gasteiger partial charge in [-0.2, -0.15) is 0 Å². The van der Waals surface area contributed by atoms with Crippen LogP contribution in [0.3, 0.4) is 0 Å². The van der Waals surface area contributed by atoms with Gasteiger partial charge in [-0.05, 0) is 19.1 Å². The zero-order valence-electron chi connectivity index (χ0n) is 9.87. The van der Waals surface area contributed by atoms with Gasteiger partial charge in [-0.15, -0.1) is 0 Å². The minimum absolute atomic E-state index is 0.192. The maximum absolute atomic E-state index is 11.9. The van der Waals surface area contributed by atoms with Crippen LogP contribution in [-0.2, 0) is 0 Å². The summed E-state index contributed by atoms with van der Waals surface area (Å²) in [7, 11) is 0. The Hall–Kier alpha value is -2.50. The summed E-state index contributed by atoms with van der Waals surface area (Å²) in [6.45, 7) is 1.85. The quantitative estimate of drug-likeness (QED) is 0.836. The van der Waals surface area contributed by atoms with E-state index in [0.717, 1.165) is 5.69 Å². The predicted octanol–water partition coefficient (Wildman–Crippen LogP) is 0.945. The Morgan fingerprint density at radius 1 is 1.39 bits per heavy atom. The lowest BCUT2D eigenvalue weighted by molar-refractivity contribution is 0.0934. The predicted molar refractivity (Wildman–Crippen MR) is 66.6 cm³/mol. The van der Waals surface area contributed by atoms with Crippen molar-refractivity contribution in [2.45, 2.75) is 13.0 Å². The van der Waals surface area contributed by atoms with Crippen LogP contribution in [0.2, 0.25) is 0 Å². The molecule has 0 radical (unpaired) electrons. The fraction of sp³-hybridized carbons (Fsp3) is 0.167. The topological polar surface area (TPSA) is 93.8 Å². The Balaban J connectivity index is 2.08. The summed E-state index contributed by atoms with van der Waals surface area (Å²) in [4.78, 5) is 23.8. The highest BCUT2D eigenvalue weighted by Crippen LogP contribution is 2.09. The molecule has 2 heterocycles. The van der Waals surface area contributed by atoms with Crippen molar-refractivity contribution in [3.8, 4) is 0 Å². The molecule has 0 saturated heterocycles. The number of nitrogen functional groups attached to an aromatic ring is 1. The van der Waals surface area contributed by atoms with Crippen molar-refractivity contribution in [2.75, 3.05) is 5.73 Å². The summed E-state index contributed by atoms with van der Waals surface area (Å²) in [5.41, 5.74) is 6.45. The molecule has 0 fully saturated rings. The minimum Gasteiger partial charge on any atom is -0.382 e. The minimum atomic E-state index is -0.326. The molecule has 1 amide bonds. The first kappa shape index (κ1) is 12.0. The van der Waals surface area contributed by atoms with Gasteiger partial charge in [0.15, 0.2) is 0 Å². The molecular formula is C12H13N5O. The lowest BCUT2D eigenvalue weighted by atomic mass is 10.2. The SMILES string of the molecule is CC(NC(=O)c1cncc(N)n1)c1ccccn1. The smallest absolute Gasteiger partial charge is 0.272 e. The third-order valence-corrected chi connectivity index (χ3v) is 2.36. The third-order valence-electron chi connectivity index (χ3n) is 2.36. The summed E-state index contributed by atoms with van der Waals surface area (Å²) in [6.07, 6.45) is 4.44. The van der Waals surface area contributed by atoms with Crippen LogP contribution in [0, 0.1) is 0 Å². The van der Waals surface area contributed by atoms with Crippen LogP contribution < -0.4 is 11.1 Å². The lowest BCUT2D eigenvalue weighted by Gasteiger charge is -2.12. The number of nitrogens with zero attached hydrogens (tertiary/aromatic N) is 3. The number of rotatable bonds is 3. The number of amides is 1. The van der Waals surface area contributed by atoms with Gasteiger partial charge in [0.1, 0.15) is 11.5 Å². The molecule has 2 aromatic heterocycles. The van der Waals surface area contributed by atoms with E-state index >= 15 is 0 Å². The van der Waals surface area contributed by atoms with Gasteiger partial charge in [0, 0.05) is 6.20 Å². The summed E-state index contributed by atoms with van der Waals surface area (Å²) in [5, 5.41) is 2.78. The molecule has 2 rings (SSSR count). The standard InChI is InChI=1S/C12H13N5O/c1-8(9-4-2-3-5-15-9)16-12(18)10-6-14-7-11(13)17-10/h2-8H,1H3,(H2,13,17)(H,16,18). The first-order valence-electron chi connectivity index (χ1n) is 5.46. The van der Waals surface area contributed by atoms with Gasteiger partial charge >= 0.3 is 0 Å². The van der Waals surface area contributed by atoms with Crippen molar-refractivity contribution in [1.82, 2.24) is 20.3 Å². The molecule has 3 N–H and O–H groups in total. The second kappa shape index (κ2) is 5.22. The van der Waals surface area contributed by atoms with E-state index in [0.29, 0.717) is 0 Å². The van der Waals surface area contributed by atoms with E-state index in [-0.39, 0.29) is 23.5 Å². The van der Waals surface area contributed by atoms with Gasteiger partial charge in [0.2, 0.25) is 0 Å². The number of carbonyl (C=O) groups is 1. The molecular weight excluding hydrogens is 230 g/mol. The van der Waals surface area contributed by atoms with Crippen LogP contribution in [0.15, 0.2) is 36.8 Å². The van der Waals surface area contributed by atoms with E-state index in [4.69, 9.17) is 5.73 Å². The molecule has 0 aromatic carbocycles. The average Bonchev–Trinajstić information content (AvgIpc) is 2.39. The van der Waals surface area contributed by atoms with Crippen LogP contribution in [0.5, 0.6) is 0 Å². The summed E-state index contributed by atoms with van der Waals surface area (Å²) in [6, 6.07) is 5.32. The highest BCUT2D eigenvalue weighted by molar-refractivity contribution is 5.92. The fourth-order valence-electron chi connectivity index (χ4n) is 1.47. The Kier molecular flexibility index (Phi) is 3.47. The van der Waals surface area contributed by atoms with Crippen molar-refractivity contribution in [1.29, 1.82) is 0 Å². The number of nitrogens with two attached hydrogens (primary N) is 1. The van der Waals surface area contributed by atoms with Crippen LogP contribution in [0.4, 0.5) is 5.82 Å². The Morgan fingerprint density at radius 3 is 2.89 bits per heavy atom. The van der Waals surface area contributed by atoms with Gasteiger partial charge in [0.05, 0.1) is 24.1 Å². The third kappa shape index (κ3) is 2.79. The van der Waals surface area contributed by atoms with Gasteiger partial charge in [0.25, 0.3) is 5.91 Å². The fourth-order valence-corrected chi connectivity index (χ4v) is 1.47. The molecule has 0 spiro atoms. The van der Waals surface area contributed by atoms with Gasteiger partial charge in [-0.25, -0.2) is 4.98 Å². The molecule has 1 unspecified atom stereocenters. The number of hydrogen-bond donors (Lipinski definition) is 2. The molecule has 6 nitrogen and oxygen atoms in total. The van der Waals surface area contributed by atoms with E-state index in [1.807, 2.05) is 25.1 Å². The summed E-state index contributed by atoms with van der Waals surface area (Å²) < 4.78 is 0. The molecule has 0 aliphatic carbocycles. The van der Waals surface area contributed by atoms with Crippen molar-refractivity contribution in [3.05, 3.63) is 48.2 Å². The highest BCUT2D eigenvalue weighted by Gasteiger charge is 2.13. The molecule has 92 valence electrons. The number of hydrogen-bond acceptors (Lipinski definition) is 5. The number of pyridine rings is 1. The second-order valence-electron chi connectivity index (χ2n) is 3.78. The zero-order chi connectivity index (χ0) is 13.0. The van der Waals surface area contributed by atoms with Gasteiger partial charge in [-0.1, -0.05) is 6.07 Å². The molecule has 0 bridgehead atoms. The molecule has 0 saturated carbocycles. The van der Waals surface area contributed by atoms with Gasteiger partial charge < -0.3 is 11.1 Å². The summed E-state index contributed by atoms with van der Waals surface area (Å²) >= 11 is 0. The molecule has 2 aromatic rings. The first-order valence-corrected chi connectivity index (χ1v) is 5.46. The van der Waals surface area contributed by atoms with Crippen LogP contribution in [-0.4, -0.2) is 20.9 Å². The highest BCUT2D eigenvalue weighted by atomic mass is 16.1. The second-order valence-corrected chi connectivity index (χ2v) is 3.78. The van der Waals surface area contributed by atoms with Crippen LogP contribution in [0.25, 0.3) is 0 Å². The zero-order valence-corrected chi connectivity index (χ0v) is 9.87. The van der Waals surface area contributed by atoms with E-state index in [1.54, 1.807) is 6.20 Å². The largest absolute Gasteiger partial charge is 0.382 e.